The van der Waals surface area contributed by atoms with E-state index in [1.807, 2.05) is 6.92 Å². The van der Waals surface area contributed by atoms with Crippen LogP contribution in [0.25, 0.3) is 0 Å². The zero-order chi connectivity index (χ0) is 12.9. The van der Waals surface area contributed by atoms with Crippen molar-refractivity contribution in [2.24, 2.45) is 0 Å². The molecule has 0 spiro atoms. The van der Waals surface area contributed by atoms with E-state index in [1.165, 1.54) is 0 Å². The molecule has 0 fully saturated rings. The van der Waals surface area contributed by atoms with E-state index in [4.69, 9.17) is 0 Å². The molecular formula is C13H26N2O2. The van der Waals surface area contributed by atoms with Crippen molar-refractivity contribution in [1.29, 1.82) is 0 Å². The Hall–Kier alpha value is -1.06. The summed E-state index contributed by atoms with van der Waals surface area (Å²) in [6.07, 6.45) is 7.77. The SMILES string of the molecule is CCCCNC(=O)NC(C)CCCCCC=O. The Morgan fingerprint density at radius 3 is 2.65 bits per heavy atom. The van der Waals surface area contributed by atoms with Crippen LogP contribution in [0.15, 0.2) is 0 Å². The lowest BCUT2D eigenvalue weighted by Crippen LogP contribution is -2.41. The molecule has 0 rings (SSSR count). The van der Waals surface area contributed by atoms with Crippen LogP contribution in [0.2, 0.25) is 0 Å². The number of rotatable bonds is 10. The predicted molar refractivity (Wildman–Crippen MR) is 70.1 cm³/mol. The molecule has 1 unspecified atom stereocenters. The number of hydrogen-bond acceptors (Lipinski definition) is 2. The normalized spacial score (nSPS) is 11.9. The lowest BCUT2D eigenvalue weighted by Gasteiger charge is -2.14. The van der Waals surface area contributed by atoms with Crippen LogP contribution in [-0.2, 0) is 4.79 Å². The van der Waals surface area contributed by atoms with Gasteiger partial charge in [0.2, 0.25) is 0 Å². The van der Waals surface area contributed by atoms with Crippen molar-refractivity contribution in [3.05, 3.63) is 0 Å². The number of hydrogen-bond donors (Lipinski definition) is 2. The van der Waals surface area contributed by atoms with Crippen molar-refractivity contribution in [2.75, 3.05) is 6.54 Å². The van der Waals surface area contributed by atoms with Gasteiger partial charge in [-0.2, -0.15) is 0 Å². The minimum absolute atomic E-state index is 0.0705. The summed E-state index contributed by atoms with van der Waals surface area (Å²) in [6, 6.07) is 0.131. The Bertz CT molecular complexity index is 208. The molecule has 0 saturated heterocycles. The fraction of sp³-hybridized carbons (Fsp3) is 0.846. The summed E-state index contributed by atoms with van der Waals surface area (Å²) in [5, 5.41) is 5.74. The predicted octanol–water partition coefficient (Wildman–Crippen LogP) is 2.62. The maximum absolute atomic E-state index is 11.4. The van der Waals surface area contributed by atoms with Crippen molar-refractivity contribution in [1.82, 2.24) is 10.6 Å². The number of unbranched alkanes of at least 4 members (excludes halogenated alkanes) is 4. The van der Waals surface area contributed by atoms with Gasteiger partial charge in [0.1, 0.15) is 6.29 Å². The van der Waals surface area contributed by atoms with E-state index in [0.29, 0.717) is 6.42 Å². The van der Waals surface area contributed by atoms with Crippen LogP contribution in [0.1, 0.15) is 58.8 Å². The smallest absolute Gasteiger partial charge is 0.314 e. The number of urea groups is 1. The van der Waals surface area contributed by atoms with Crippen LogP contribution in [0.5, 0.6) is 0 Å². The second kappa shape index (κ2) is 11.4. The Kier molecular flexibility index (Phi) is 10.7. The molecule has 0 heterocycles. The first kappa shape index (κ1) is 15.9. The average molecular weight is 242 g/mol. The number of amides is 2. The molecule has 1 atom stereocenters. The van der Waals surface area contributed by atoms with Crippen LogP contribution < -0.4 is 10.6 Å². The fourth-order valence-corrected chi connectivity index (χ4v) is 1.58. The fourth-order valence-electron chi connectivity index (χ4n) is 1.58. The molecule has 2 amide bonds. The zero-order valence-electron chi connectivity index (χ0n) is 11.1. The maximum Gasteiger partial charge on any atom is 0.314 e. The molecule has 0 bridgehead atoms. The van der Waals surface area contributed by atoms with Gasteiger partial charge in [0.15, 0.2) is 0 Å². The van der Waals surface area contributed by atoms with Gasteiger partial charge >= 0.3 is 6.03 Å². The molecule has 0 radical (unpaired) electrons. The molecular weight excluding hydrogens is 216 g/mol. The summed E-state index contributed by atoms with van der Waals surface area (Å²) >= 11 is 0. The van der Waals surface area contributed by atoms with Gasteiger partial charge in [0.25, 0.3) is 0 Å². The number of aldehydes is 1. The Morgan fingerprint density at radius 1 is 1.24 bits per heavy atom. The van der Waals surface area contributed by atoms with Gasteiger partial charge in [-0.25, -0.2) is 4.79 Å². The van der Waals surface area contributed by atoms with Crippen molar-refractivity contribution in [3.63, 3.8) is 0 Å². The van der Waals surface area contributed by atoms with E-state index >= 15 is 0 Å². The lowest BCUT2D eigenvalue weighted by atomic mass is 10.1. The van der Waals surface area contributed by atoms with Crippen LogP contribution >= 0.6 is 0 Å². The van der Waals surface area contributed by atoms with Crippen LogP contribution in [0, 0.1) is 0 Å². The van der Waals surface area contributed by atoms with Crippen LogP contribution in [0.3, 0.4) is 0 Å². The topological polar surface area (TPSA) is 58.2 Å². The standard InChI is InChI=1S/C13H26N2O2/c1-3-4-10-14-13(17)15-12(2)9-7-5-6-8-11-16/h11-12H,3-10H2,1-2H3,(H2,14,15,17). The van der Waals surface area contributed by atoms with Gasteiger partial charge in [0.05, 0.1) is 0 Å². The lowest BCUT2D eigenvalue weighted by molar-refractivity contribution is -0.107. The highest BCUT2D eigenvalue weighted by atomic mass is 16.2. The second-order valence-corrected chi connectivity index (χ2v) is 4.46. The quantitative estimate of drug-likeness (QED) is 0.457. The third-order valence-electron chi connectivity index (χ3n) is 2.65. The third kappa shape index (κ3) is 11.2. The molecule has 4 heteroatoms. The molecule has 0 aliphatic carbocycles. The Morgan fingerprint density at radius 2 is 2.00 bits per heavy atom. The van der Waals surface area contributed by atoms with Crippen molar-refractivity contribution < 1.29 is 9.59 Å². The molecule has 17 heavy (non-hydrogen) atoms. The highest BCUT2D eigenvalue weighted by Gasteiger charge is 2.05. The van der Waals surface area contributed by atoms with Crippen LogP contribution in [-0.4, -0.2) is 24.9 Å². The Labute approximate surface area is 105 Å². The average Bonchev–Trinajstić information content (AvgIpc) is 2.29. The first-order chi connectivity index (χ1) is 8.20. The highest BCUT2D eigenvalue weighted by Crippen LogP contribution is 2.04. The molecule has 0 saturated carbocycles. The van der Waals surface area contributed by atoms with E-state index in [0.717, 1.165) is 51.4 Å². The van der Waals surface area contributed by atoms with E-state index < -0.39 is 0 Å². The third-order valence-corrected chi connectivity index (χ3v) is 2.65. The van der Waals surface area contributed by atoms with E-state index in [1.54, 1.807) is 0 Å². The number of carbonyl (C=O) groups excluding carboxylic acids is 2. The van der Waals surface area contributed by atoms with Gasteiger partial charge in [-0.05, 0) is 26.2 Å². The summed E-state index contributed by atoms with van der Waals surface area (Å²) in [5.41, 5.74) is 0. The molecule has 100 valence electrons. The van der Waals surface area contributed by atoms with Crippen molar-refractivity contribution >= 4 is 12.3 Å². The summed E-state index contributed by atoms with van der Waals surface area (Å²) in [5.74, 6) is 0. The van der Waals surface area contributed by atoms with Crippen LogP contribution in [0.4, 0.5) is 4.79 Å². The Balaban J connectivity index is 3.40. The van der Waals surface area contributed by atoms with Gasteiger partial charge in [-0.1, -0.05) is 26.2 Å². The molecule has 0 aliphatic heterocycles. The molecule has 0 aliphatic rings. The van der Waals surface area contributed by atoms with Crippen molar-refractivity contribution in [2.45, 2.75) is 64.8 Å². The molecule has 0 aromatic rings. The van der Waals surface area contributed by atoms with E-state index in [2.05, 4.69) is 17.6 Å². The first-order valence-corrected chi connectivity index (χ1v) is 6.68. The van der Waals surface area contributed by atoms with Gasteiger partial charge < -0.3 is 15.4 Å². The summed E-state index contributed by atoms with van der Waals surface area (Å²) < 4.78 is 0. The summed E-state index contributed by atoms with van der Waals surface area (Å²) in [6.45, 7) is 4.86. The van der Waals surface area contributed by atoms with E-state index in [-0.39, 0.29) is 12.1 Å². The first-order valence-electron chi connectivity index (χ1n) is 6.68. The van der Waals surface area contributed by atoms with Crippen molar-refractivity contribution in [3.8, 4) is 0 Å². The minimum atomic E-state index is -0.0705. The largest absolute Gasteiger partial charge is 0.338 e. The second-order valence-electron chi connectivity index (χ2n) is 4.46. The summed E-state index contributed by atoms with van der Waals surface area (Å²) in [7, 11) is 0. The minimum Gasteiger partial charge on any atom is -0.338 e. The number of carbonyl (C=O) groups is 2. The monoisotopic (exact) mass is 242 g/mol. The molecule has 0 aromatic heterocycles. The highest BCUT2D eigenvalue weighted by molar-refractivity contribution is 5.74. The number of nitrogens with one attached hydrogen (secondary N) is 2. The molecule has 4 nitrogen and oxygen atoms in total. The molecule has 2 N–H and O–H groups in total. The zero-order valence-corrected chi connectivity index (χ0v) is 11.1. The maximum atomic E-state index is 11.4. The van der Waals surface area contributed by atoms with Gasteiger partial charge in [-0.3, -0.25) is 0 Å². The molecule has 0 aromatic carbocycles. The van der Waals surface area contributed by atoms with E-state index in [9.17, 15) is 9.59 Å². The van der Waals surface area contributed by atoms with Gasteiger partial charge in [-0.15, -0.1) is 0 Å². The van der Waals surface area contributed by atoms with Gasteiger partial charge in [0, 0.05) is 19.0 Å². The summed E-state index contributed by atoms with van der Waals surface area (Å²) in [4.78, 5) is 21.5.